The van der Waals surface area contributed by atoms with Crippen molar-refractivity contribution in [3.63, 3.8) is 0 Å². The largest absolute Gasteiger partial charge is 0.352 e. The van der Waals surface area contributed by atoms with Crippen molar-refractivity contribution >= 4 is 17.2 Å². The van der Waals surface area contributed by atoms with Gasteiger partial charge in [0.25, 0.3) is 0 Å². The van der Waals surface area contributed by atoms with Gasteiger partial charge in [-0.05, 0) is 25.5 Å². The van der Waals surface area contributed by atoms with Crippen LogP contribution in [0.1, 0.15) is 32.4 Å². The van der Waals surface area contributed by atoms with Crippen molar-refractivity contribution in [1.29, 1.82) is 0 Å². The van der Waals surface area contributed by atoms with E-state index in [2.05, 4.69) is 46.3 Å². The summed E-state index contributed by atoms with van der Waals surface area (Å²) in [7, 11) is 0. The van der Waals surface area contributed by atoms with Gasteiger partial charge in [-0.1, -0.05) is 37.3 Å². The van der Waals surface area contributed by atoms with E-state index in [0.29, 0.717) is 12.0 Å². The molecule has 1 aliphatic carbocycles. The molecule has 0 bridgehead atoms. The quantitative estimate of drug-likeness (QED) is 0.797. The van der Waals surface area contributed by atoms with E-state index < -0.39 is 0 Å². The molecule has 1 atom stereocenters. The number of hydrogen-bond donors (Lipinski definition) is 2. The van der Waals surface area contributed by atoms with Crippen LogP contribution in [0, 0.1) is 0 Å². The number of aromatic nitrogens is 3. The van der Waals surface area contributed by atoms with E-state index in [1.807, 2.05) is 36.7 Å². The fourth-order valence-corrected chi connectivity index (χ4v) is 3.24. The fourth-order valence-electron chi connectivity index (χ4n) is 3.24. The van der Waals surface area contributed by atoms with Gasteiger partial charge in [0, 0.05) is 35.1 Å². The first-order valence-electron chi connectivity index (χ1n) is 8.95. The van der Waals surface area contributed by atoms with Gasteiger partial charge in [-0.2, -0.15) is 0 Å². The lowest BCUT2D eigenvalue weighted by atomic mass is 10.0. The lowest BCUT2D eigenvalue weighted by molar-refractivity contribution is 0.683. The summed E-state index contributed by atoms with van der Waals surface area (Å²) in [6, 6.07) is 2.32. The van der Waals surface area contributed by atoms with Crippen molar-refractivity contribution in [3.8, 4) is 11.1 Å². The molecular formula is C21H21N5. The van der Waals surface area contributed by atoms with Gasteiger partial charge >= 0.3 is 0 Å². The highest BCUT2D eigenvalue weighted by molar-refractivity contribution is 5.96. The predicted octanol–water partition coefficient (Wildman–Crippen LogP) is 4.56. The number of nitrogens with one attached hydrogen (secondary N) is 2. The van der Waals surface area contributed by atoms with Crippen LogP contribution in [0.4, 0.5) is 11.6 Å². The fraction of sp³-hybridized carbons (Fsp3) is 0.238. The van der Waals surface area contributed by atoms with Crippen LogP contribution < -0.4 is 10.6 Å². The van der Waals surface area contributed by atoms with Crippen LogP contribution in [0.5, 0.6) is 0 Å². The molecule has 0 fully saturated rings. The van der Waals surface area contributed by atoms with Crippen LogP contribution in [0.2, 0.25) is 0 Å². The number of nitrogens with zero attached hydrogens (tertiary/aromatic N) is 3. The number of pyridine rings is 1. The summed E-state index contributed by atoms with van der Waals surface area (Å²) >= 11 is 0. The average Bonchev–Trinajstić information content (AvgIpc) is 2.93. The second kappa shape index (κ2) is 6.98. The molecular weight excluding hydrogens is 322 g/mol. The smallest absolute Gasteiger partial charge is 0.223 e. The third-order valence-corrected chi connectivity index (χ3v) is 4.48. The zero-order valence-electron chi connectivity index (χ0n) is 15.0. The Balaban J connectivity index is 1.87. The Morgan fingerprint density at radius 3 is 3.04 bits per heavy atom. The zero-order valence-corrected chi connectivity index (χ0v) is 15.0. The highest BCUT2D eigenvalue weighted by atomic mass is 15.1. The molecule has 5 heteroatoms. The lowest BCUT2D eigenvalue weighted by Gasteiger charge is -2.15. The van der Waals surface area contributed by atoms with Crippen molar-refractivity contribution in [2.45, 2.75) is 32.7 Å². The highest BCUT2D eigenvalue weighted by Crippen LogP contribution is 2.39. The summed E-state index contributed by atoms with van der Waals surface area (Å²) < 4.78 is 0. The van der Waals surface area contributed by atoms with E-state index >= 15 is 0 Å². The third-order valence-electron chi connectivity index (χ3n) is 4.48. The van der Waals surface area contributed by atoms with Gasteiger partial charge in [-0.25, -0.2) is 9.97 Å². The van der Waals surface area contributed by atoms with E-state index in [9.17, 15) is 0 Å². The Hall–Kier alpha value is -3.17. The highest BCUT2D eigenvalue weighted by Gasteiger charge is 2.23. The first kappa shape index (κ1) is 16.3. The number of rotatable bonds is 4. The molecule has 2 N–H and O–H groups in total. The van der Waals surface area contributed by atoms with Gasteiger partial charge < -0.3 is 10.6 Å². The molecule has 0 saturated carbocycles. The third kappa shape index (κ3) is 3.05. The average molecular weight is 343 g/mol. The molecule has 0 spiro atoms. The van der Waals surface area contributed by atoms with Crippen molar-refractivity contribution in [2.75, 3.05) is 10.6 Å². The van der Waals surface area contributed by atoms with Crippen LogP contribution in [-0.2, 0) is 0 Å². The summed E-state index contributed by atoms with van der Waals surface area (Å²) in [5.41, 5.74) is 9.03. The van der Waals surface area contributed by atoms with Crippen molar-refractivity contribution in [1.82, 2.24) is 15.0 Å². The SMILES string of the molecule is CCCC(C)Nc1ncc2c(n1)C1=CC=CC=C=C1Nc1cnccc1-2. The minimum atomic E-state index is 0.330. The van der Waals surface area contributed by atoms with Crippen molar-refractivity contribution in [3.05, 3.63) is 66.1 Å². The summed E-state index contributed by atoms with van der Waals surface area (Å²) in [4.78, 5) is 13.7. The molecule has 3 heterocycles. The number of anilines is 2. The zero-order chi connectivity index (χ0) is 17.9. The lowest BCUT2D eigenvalue weighted by Crippen LogP contribution is -2.17. The van der Waals surface area contributed by atoms with Crippen LogP contribution in [-0.4, -0.2) is 21.0 Å². The molecule has 1 unspecified atom stereocenters. The molecule has 0 aromatic carbocycles. The first-order valence-corrected chi connectivity index (χ1v) is 8.95. The Morgan fingerprint density at radius 1 is 1.23 bits per heavy atom. The summed E-state index contributed by atoms with van der Waals surface area (Å²) in [6.07, 6.45) is 15.6. The topological polar surface area (TPSA) is 62.7 Å². The molecule has 0 amide bonds. The predicted molar refractivity (Wildman–Crippen MR) is 106 cm³/mol. The van der Waals surface area contributed by atoms with E-state index in [0.717, 1.165) is 46.6 Å². The summed E-state index contributed by atoms with van der Waals surface area (Å²) in [5, 5.41) is 6.85. The summed E-state index contributed by atoms with van der Waals surface area (Å²) in [5.74, 6) is 0.652. The minimum Gasteiger partial charge on any atom is -0.352 e. The monoisotopic (exact) mass is 343 g/mol. The Morgan fingerprint density at radius 2 is 2.15 bits per heavy atom. The van der Waals surface area contributed by atoms with Gasteiger partial charge in [-0.3, -0.25) is 4.98 Å². The maximum atomic E-state index is 4.86. The number of hydrogen-bond acceptors (Lipinski definition) is 5. The molecule has 2 aromatic rings. The second-order valence-corrected chi connectivity index (χ2v) is 6.49. The maximum Gasteiger partial charge on any atom is 0.223 e. The Bertz CT molecular complexity index is 964. The van der Waals surface area contributed by atoms with E-state index in [-0.39, 0.29) is 0 Å². The van der Waals surface area contributed by atoms with Crippen LogP contribution in [0.25, 0.3) is 16.7 Å². The van der Waals surface area contributed by atoms with E-state index in [4.69, 9.17) is 4.98 Å². The molecule has 2 aromatic heterocycles. The molecule has 5 nitrogen and oxygen atoms in total. The maximum absolute atomic E-state index is 4.86. The Labute approximate surface area is 153 Å². The summed E-state index contributed by atoms with van der Waals surface area (Å²) in [6.45, 7) is 4.33. The molecule has 0 saturated heterocycles. The van der Waals surface area contributed by atoms with Gasteiger partial charge in [0.1, 0.15) is 0 Å². The molecule has 0 radical (unpaired) electrons. The van der Waals surface area contributed by atoms with Gasteiger partial charge in [-0.15, -0.1) is 0 Å². The van der Waals surface area contributed by atoms with Crippen LogP contribution in [0.15, 0.2) is 60.4 Å². The van der Waals surface area contributed by atoms with E-state index in [1.54, 1.807) is 6.20 Å². The minimum absolute atomic E-state index is 0.330. The molecule has 4 rings (SSSR count). The van der Waals surface area contributed by atoms with Gasteiger partial charge in [0.15, 0.2) is 0 Å². The van der Waals surface area contributed by atoms with Crippen LogP contribution in [0.3, 0.4) is 0 Å². The molecule has 130 valence electrons. The molecule has 2 aliphatic rings. The second-order valence-electron chi connectivity index (χ2n) is 6.49. The van der Waals surface area contributed by atoms with Crippen LogP contribution >= 0.6 is 0 Å². The molecule has 1 aliphatic heterocycles. The number of fused-ring (bicyclic) bond motifs is 5. The number of allylic oxidation sites excluding steroid dienone is 4. The van der Waals surface area contributed by atoms with Crippen molar-refractivity contribution in [2.24, 2.45) is 0 Å². The molecule has 26 heavy (non-hydrogen) atoms. The Kier molecular flexibility index (Phi) is 4.38. The van der Waals surface area contributed by atoms with Crippen molar-refractivity contribution < 1.29 is 0 Å². The first-order chi connectivity index (χ1) is 12.8. The standard InChI is InChI=1S/C21H21N5/c1-3-7-14(2)24-21-23-12-17-15-10-11-22-13-19(15)25-18-9-6-4-5-8-16(18)20(17)26-21/h4-6,8,10-14,25H,3,7H2,1-2H3,(H,23,24,26). The normalized spacial score (nSPS) is 15.3. The van der Waals surface area contributed by atoms with Gasteiger partial charge in [0.2, 0.25) is 5.95 Å². The van der Waals surface area contributed by atoms with E-state index in [1.165, 1.54) is 0 Å². The van der Waals surface area contributed by atoms with Gasteiger partial charge in [0.05, 0.1) is 23.3 Å².